The van der Waals surface area contributed by atoms with Gasteiger partial charge in [-0.05, 0) is 29.6 Å². The largest absolute Gasteiger partial charge is 0.480 e. The van der Waals surface area contributed by atoms with Crippen LogP contribution < -0.4 is 9.46 Å². The Kier molecular flexibility index (Phi) is 4.26. The second-order valence-electron chi connectivity index (χ2n) is 4.58. The lowest BCUT2D eigenvalue weighted by atomic mass is 10.1. The van der Waals surface area contributed by atoms with Crippen molar-refractivity contribution in [2.24, 2.45) is 0 Å². The molecule has 0 aliphatic carbocycles. The highest BCUT2D eigenvalue weighted by Crippen LogP contribution is 2.23. The van der Waals surface area contributed by atoms with Crippen LogP contribution >= 0.6 is 11.3 Å². The summed E-state index contributed by atoms with van der Waals surface area (Å²) < 4.78 is 32.1. The number of rotatable bonds is 5. The molecule has 0 bridgehead atoms. The normalized spacial score (nSPS) is 11.2. The standard InChI is InChI=1S/C15H13N3O3S2/c1-21-14-9-8-13(16-17-14)11-4-6-12(7-5-11)18-23(19,20)15-3-2-10-22-15/h2-10,18H,1H3. The number of anilines is 1. The van der Waals surface area contributed by atoms with Crippen LogP contribution in [-0.2, 0) is 10.0 Å². The summed E-state index contributed by atoms with van der Waals surface area (Å²) in [6.45, 7) is 0. The average molecular weight is 347 g/mol. The van der Waals surface area contributed by atoms with Crippen molar-refractivity contribution in [1.82, 2.24) is 10.2 Å². The summed E-state index contributed by atoms with van der Waals surface area (Å²) >= 11 is 1.17. The number of methoxy groups -OCH3 is 1. The van der Waals surface area contributed by atoms with Gasteiger partial charge in [-0.15, -0.1) is 21.5 Å². The molecule has 3 aromatic rings. The fourth-order valence-corrected chi connectivity index (χ4v) is 3.97. The maximum absolute atomic E-state index is 12.2. The number of nitrogens with zero attached hydrogens (tertiary/aromatic N) is 2. The van der Waals surface area contributed by atoms with Gasteiger partial charge in [-0.1, -0.05) is 18.2 Å². The average Bonchev–Trinajstić information content (AvgIpc) is 3.11. The summed E-state index contributed by atoms with van der Waals surface area (Å²) in [6.07, 6.45) is 0. The molecule has 0 aliphatic rings. The highest BCUT2D eigenvalue weighted by Gasteiger charge is 2.15. The quantitative estimate of drug-likeness (QED) is 0.767. The minimum Gasteiger partial charge on any atom is -0.480 e. The number of benzene rings is 1. The molecule has 1 aromatic carbocycles. The van der Waals surface area contributed by atoms with Crippen molar-refractivity contribution in [3.8, 4) is 17.1 Å². The molecule has 8 heteroatoms. The maximum Gasteiger partial charge on any atom is 0.271 e. The summed E-state index contributed by atoms with van der Waals surface area (Å²) in [5, 5.41) is 9.68. The number of sulfonamides is 1. The molecular formula is C15H13N3O3S2. The lowest BCUT2D eigenvalue weighted by molar-refractivity contribution is 0.392. The third-order valence-corrected chi connectivity index (χ3v) is 5.82. The molecule has 2 heterocycles. The smallest absolute Gasteiger partial charge is 0.271 e. The molecule has 23 heavy (non-hydrogen) atoms. The molecule has 0 atom stereocenters. The van der Waals surface area contributed by atoms with Gasteiger partial charge in [-0.3, -0.25) is 4.72 Å². The van der Waals surface area contributed by atoms with Gasteiger partial charge in [0.25, 0.3) is 10.0 Å². The van der Waals surface area contributed by atoms with E-state index in [1.807, 2.05) is 0 Å². The van der Waals surface area contributed by atoms with E-state index in [1.54, 1.807) is 53.9 Å². The predicted molar refractivity (Wildman–Crippen MR) is 89.1 cm³/mol. The summed E-state index contributed by atoms with van der Waals surface area (Å²) in [5.74, 6) is 0.439. The zero-order valence-corrected chi connectivity index (χ0v) is 13.8. The Morgan fingerprint density at radius 2 is 1.83 bits per heavy atom. The predicted octanol–water partition coefficient (Wildman–Crippen LogP) is 3.01. The molecule has 0 aliphatic heterocycles. The first kappa shape index (κ1) is 15.4. The van der Waals surface area contributed by atoms with Crippen LogP contribution in [0.4, 0.5) is 5.69 Å². The van der Waals surface area contributed by atoms with Crippen molar-refractivity contribution < 1.29 is 13.2 Å². The molecule has 0 unspecified atom stereocenters. The fourth-order valence-electron chi connectivity index (χ4n) is 1.91. The molecule has 3 rings (SSSR count). The van der Waals surface area contributed by atoms with Crippen LogP contribution in [0.5, 0.6) is 5.88 Å². The highest BCUT2D eigenvalue weighted by atomic mass is 32.2. The first-order chi connectivity index (χ1) is 11.1. The van der Waals surface area contributed by atoms with Gasteiger partial charge in [-0.25, -0.2) is 8.42 Å². The number of hydrogen-bond donors (Lipinski definition) is 1. The molecule has 1 N–H and O–H groups in total. The van der Waals surface area contributed by atoms with Crippen LogP contribution in [0.25, 0.3) is 11.3 Å². The molecule has 0 amide bonds. The molecular weight excluding hydrogens is 334 g/mol. The lowest BCUT2D eigenvalue weighted by Gasteiger charge is -2.07. The van der Waals surface area contributed by atoms with Crippen LogP contribution in [0.1, 0.15) is 0 Å². The number of nitrogens with one attached hydrogen (secondary N) is 1. The Morgan fingerprint density at radius 3 is 2.39 bits per heavy atom. The highest BCUT2D eigenvalue weighted by molar-refractivity contribution is 7.94. The van der Waals surface area contributed by atoms with Crippen molar-refractivity contribution in [3.63, 3.8) is 0 Å². The zero-order chi connectivity index (χ0) is 16.3. The summed E-state index contributed by atoms with van der Waals surface area (Å²) in [7, 11) is -2.01. The maximum atomic E-state index is 12.2. The van der Waals surface area contributed by atoms with Gasteiger partial charge in [0.05, 0.1) is 12.8 Å². The molecule has 0 spiro atoms. The fraction of sp³-hybridized carbons (Fsp3) is 0.0667. The molecule has 0 saturated carbocycles. The van der Waals surface area contributed by atoms with E-state index < -0.39 is 10.0 Å². The van der Waals surface area contributed by atoms with E-state index in [1.165, 1.54) is 18.4 Å². The summed E-state index contributed by atoms with van der Waals surface area (Å²) in [4.78, 5) is 0. The van der Waals surface area contributed by atoms with Gasteiger partial charge >= 0.3 is 0 Å². The SMILES string of the molecule is COc1ccc(-c2ccc(NS(=O)(=O)c3cccs3)cc2)nn1. The van der Waals surface area contributed by atoms with Crippen LogP contribution in [0.15, 0.2) is 58.1 Å². The van der Waals surface area contributed by atoms with Gasteiger partial charge in [0.15, 0.2) is 0 Å². The van der Waals surface area contributed by atoms with E-state index in [0.29, 0.717) is 17.3 Å². The van der Waals surface area contributed by atoms with Gasteiger partial charge in [0.1, 0.15) is 4.21 Å². The monoisotopic (exact) mass is 347 g/mol. The van der Waals surface area contributed by atoms with E-state index in [-0.39, 0.29) is 4.21 Å². The third kappa shape index (κ3) is 3.49. The zero-order valence-electron chi connectivity index (χ0n) is 12.1. The van der Waals surface area contributed by atoms with Crippen molar-refractivity contribution in [2.75, 3.05) is 11.8 Å². The Balaban J connectivity index is 1.79. The van der Waals surface area contributed by atoms with Crippen LogP contribution in [0.3, 0.4) is 0 Å². The number of aromatic nitrogens is 2. The lowest BCUT2D eigenvalue weighted by Crippen LogP contribution is -2.11. The molecule has 2 aromatic heterocycles. The van der Waals surface area contributed by atoms with Gasteiger partial charge in [0, 0.05) is 17.3 Å². The molecule has 6 nitrogen and oxygen atoms in total. The Morgan fingerprint density at radius 1 is 1.04 bits per heavy atom. The Hall–Kier alpha value is -2.45. The van der Waals surface area contributed by atoms with E-state index in [4.69, 9.17) is 4.74 Å². The number of thiophene rings is 1. The van der Waals surface area contributed by atoms with Crippen LogP contribution in [0, 0.1) is 0 Å². The van der Waals surface area contributed by atoms with Gasteiger partial charge < -0.3 is 4.74 Å². The molecule has 118 valence electrons. The topological polar surface area (TPSA) is 81.2 Å². The third-order valence-electron chi connectivity index (χ3n) is 3.04. The van der Waals surface area contributed by atoms with Crippen molar-refractivity contribution in [2.45, 2.75) is 4.21 Å². The second kappa shape index (κ2) is 6.35. The first-order valence-corrected chi connectivity index (χ1v) is 8.99. The number of ether oxygens (including phenoxy) is 1. The second-order valence-corrected chi connectivity index (χ2v) is 7.43. The van der Waals surface area contributed by atoms with Crippen molar-refractivity contribution >= 4 is 27.0 Å². The summed E-state index contributed by atoms with van der Waals surface area (Å²) in [5.41, 5.74) is 2.00. The van der Waals surface area contributed by atoms with E-state index in [9.17, 15) is 8.42 Å². The molecule has 0 radical (unpaired) electrons. The van der Waals surface area contributed by atoms with Crippen LogP contribution in [0.2, 0.25) is 0 Å². The van der Waals surface area contributed by atoms with E-state index in [2.05, 4.69) is 14.9 Å². The van der Waals surface area contributed by atoms with Gasteiger partial charge in [0.2, 0.25) is 5.88 Å². The minimum absolute atomic E-state index is 0.280. The van der Waals surface area contributed by atoms with Crippen molar-refractivity contribution in [3.05, 3.63) is 53.9 Å². The number of hydrogen-bond acceptors (Lipinski definition) is 6. The minimum atomic E-state index is -3.53. The van der Waals surface area contributed by atoms with Gasteiger partial charge in [-0.2, -0.15) is 0 Å². The summed E-state index contributed by atoms with van der Waals surface area (Å²) in [6, 6.07) is 13.7. The Bertz CT molecular complexity index is 875. The molecule has 0 saturated heterocycles. The van der Waals surface area contributed by atoms with Crippen molar-refractivity contribution in [1.29, 1.82) is 0 Å². The van der Waals surface area contributed by atoms with Crippen LogP contribution in [-0.4, -0.2) is 25.7 Å². The Labute approximate surface area is 137 Å². The van der Waals surface area contributed by atoms with E-state index >= 15 is 0 Å². The molecule has 0 fully saturated rings. The first-order valence-electron chi connectivity index (χ1n) is 6.63. The van der Waals surface area contributed by atoms with E-state index in [0.717, 1.165) is 5.56 Å².